The number of halogens is 3. The Morgan fingerprint density at radius 2 is 1.78 bits per heavy atom. The summed E-state index contributed by atoms with van der Waals surface area (Å²) in [6.45, 7) is 2.07. The summed E-state index contributed by atoms with van der Waals surface area (Å²) in [6.07, 6.45) is 0.836. The summed E-state index contributed by atoms with van der Waals surface area (Å²) in [6, 6.07) is 13.5. The van der Waals surface area contributed by atoms with E-state index in [2.05, 4.69) is 63.0 Å². The summed E-state index contributed by atoms with van der Waals surface area (Å²) >= 11 is 6.93. The third kappa shape index (κ3) is 3.21. The van der Waals surface area contributed by atoms with Crippen LogP contribution in [0.4, 0.5) is 4.39 Å². The second-order valence-corrected chi connectivity index (χ2v) is 6.20. The molecule has 0 spiro atoms. The monoisotopic (exact) mass is 370 g/mol. The topological polar surface area (TPSA) is 0 Å². The second-order valence-electron chi connectivity index (χ2n) is 4.30. The molecule has 0 heterocycles. The predicted octanol–water partition coefficient (Wildman–Crippen LogP) is 5.58. The maximum absolute atomic E-state index is 13.5. The van der Waals surface area contributed by atoms with Gasteiger partial charge in [0.15, 0.2) is 0 Å². The van der Waals surface area contributed by atoms with E-state index in [1.54, 1.807) is 6.07 Å². The van der Waals surface area contributed by atoms with E-state index in [4.69, 9.17) is 0 Å². The van der Waals surface area contributed by atoms with Gasteiger partial charge < -0.3 is 0 Å². The van der Waals surface area contributed by atoms with Gasteiger partial charge in [0.2, 0.25) is 0 Å². The van der Waals surface area contributed by atoms with Gasteiger partial charge in [0.25, 0.3) is 0 Å². The van der Waals surface area contributed by atoms with Crippen molar-refractivity contribution in [2.75, 3.05) is 0 Å². The first-order chi connectivity index (χ1) is 8.58. The minimum Gasteiger partial charge on any atom is -0.206 e. The molecule has 0 bridgehead atoms. The lowest BCUT2D eigenvalue weighted by Gasteiger charge is -2.13. The van der Waals surface area contributed by atoms with Gasteiger partial charge in [0.1, 0.15) is 5.82 Å². The van der Waals surface area contributed by atoms with Crippen molar-refractivity contribution in [2.45, 2.75) is 18.2 Å². The number of alkyl halides is 1. The molecule has 3 heteroatoms. The Morgan fingerprint density at radius 3 is 2.44 bits per heavy atom. The first kappa shape index (κ1) is 13.8. The van der Waals surface area contributed by atoms with E-state index in [0.717, 1.165) is 12.0 Å². The third-order valence-corrected chi connectivity index (χ3v) is 4.51. The van der Waals surface area contributed by atoms with Gasteiger partial charge in [0.05, 0.1) is 4.47 Å². The number of hydrogen-bond donors (Lipinski definition) is 0. The van der Waals surface area contributed by atoms with Crippen LogP contribution in [0.25, 0.3) is 0 Å². The van der Waals surface area contributed by atoms with E-state index in [1.807, 2.05) is 6.07 Å². The van der Waals surface area contributed by atoms with Crippen LogP contribution in [0, 0.1) is 12.7 Å². The smallest absolute Gasteiger partial charge is 0.137 e. The molecule has 0 aliphatic carbocycles. The summed E-state index contributed by atoms with van der Waals surface area (Å²) in [7, 11) is 0. The van der Waals surface area contributed by atoms with Crippen LogP contribution in [0.3, 0.4) is 0 Å². The highest BCUT2D eigenvalue weighted by molar-refractivity contribution is 9.11. The molecule has 0 amide bonds. The van der Waals surface area contributed by atoms with Crippen molar-refractivity contribution in [1.82, 2.24) is 0 Å². The number of hydrogen-bond acceptors (Lipinski definition) is 0. The van der Waals surface area contributed by atoms with E-state index < -0.39 is 0 Å². The number of benzene rings is 2. The second kappa shape index (κ2) is 5.98. The van der Waals surface area contributed by atoms with Crippen LogP contribution in [-0.4, -0.2) is 0 Å². The van der Waals surface area contributed by atoms with Gasteiger partial charge in [-0.25, -0.2) is 4.39 Å². The molecule has 0 saturated heterocycles. The summed E-state index contributed by atoms with van der Waals surface area (Å²) in [4.78, 5) is 0.102. The van der Waals surface area contributed by atoms with Gasteiger partial charge in [-0.3, -0.25) is 0 Å². The molecule has 0 fully saturated rings. The van der Waals surface area contributed by atoms with Gasteiger partial charge in [-0.15, -0.1) is 0 Å². The largest absolute Gasteiger partial charge is 0.206 e. The van der Waals surface area contributed by atoms with E-state index in [1.165, 1.54) is 17.2 Å². The summed E-state index contributed by atoms with van der Waals surface area (Å²) in [5, 5.41) is 0. The molecule has 2 aromatic rings. The standard InChI is InChI=1S/C15H13Br2F/c1-10-5-7-11(8-6-10)9-13(16)12-3-2-4-14(18)15(12)17/h2-8,13H,9H2,1H3. The first-order valence-corrected chi connectivity index (χ1v) is 7.42. The van der Waals surface area contributed by atoms with Crippen LogP contribution in [0.15, 0.2) is 46.9 Å². The van der Waals surface area contributed by atoms with Crippen LogP contribution < -0.4 is 0 Å². The highest BCUT2D eigenvalue weighted by atomic mass is 79.9. The van der Waals surface area contributed by atoms with Crippen molar-refractivity contribution < 1.29 is 4.39 Å². The lowest BCUT2D eigenvalue weighted by atomic mass is 10.0. The highest BCUT2D eigenvalue weighted by Crippen LogP contribution is 2.33. The number of aryl methyl sites for hydroxylation is 1. The molecule has 0 radical (unpaired) electrons. The zero-order chi connectivity index (χ0) is 13.1. The average Bonchev–Trinajstić information content (AvgIpc) is 2.35. The van der Waals surface area contributed by atoms with Crippen LogP contribution >= 0.6 is 31.9 Å². The third-order valence-electron chi connectivity index (χ3n) is 2.85. The van der Waals surface area contributed by atoms with Crippen molar-refractivity contribution >= 4 is 31.9 Å². The van der Waals surface area contributed by atoms with E-state index in [0.29, 0.717) is 4.47 Å². The lowest BCUT2D eigenvalue weighted by Crippen LogP contribution is -1.98. The molecule has 94 valence electrons. The lowest BCUT2D eigenvalue weighted by molar-refractivity contribution is 0.617. The molecule has 2 rings (SSSR count). The van der Waals surface area contributed by atoms with Crippen LogP contribution in [0.2, 0.25) is 0 Å². The predicted molar refractivity (Wildman–Crippen MR) is 80.7 cm³/mol. The molecule has 0 aliphatic rings. The van der Waals surface area contributed by atoms with Gasteiger partial charge in [-0.05, 0) is 46.5 Å². The molecule has 1 unspecified atom stereocenters. The van der Waals surface area contributed by atoms with Crippen molar-refractivity contribution in [1.29, 1.82) is 0 Å². The average molecular weight is 372 g/mol. The summed E-state index contributed by atoms with van der Waals surface area (Å²) in [5.41, 5.74) is 3.42. The first-order valence-electron chi connectivity index (χ1n) is 5.71. The fourth-order valence-corrected chi connectivity index (χ4v) is 3.41. The Morgan fingerprint density at radius 1 is 1.11 bits per heavy atom. The number of rotatable bonds is 3. The fourth-order valence-electron chi connectivity index (χ4n) is 1.80. The molecule has 0 aliphatic heterocycles. The van der Waals surface area contributed by atoms with Crippen LogP contribution in [0.5, 0.6) is 0 Å². The minimum atomic E-state index is -0.221. The van der Waals surface area contributed by atoms with Gasteiger partial charge in [-0.2, -0.15) is 0 Å². The Labute approximate surface area is 123 Å². The van der Waals surface area contributed by atoms with Crippen molar-refractivity contribution in [3.05, 3.63) is 69.4 Å². The molecule has 2 aromatic carbocycles. The quantitative estimate of drug-likeness (QED) is 0.618. The van der Waals surface area contributed by atoms with E-state index >= 15 is 0 Å². The summed E-state index contributed by atoms with van der Waals surface area (Å²) in [5.74, 6) is -0.221. The van der Waals surface area contributed by atoms with Crippen molar-refractivity contribution in [3.8, 4) is 0 Å². The zero-order valence-electron chi connectivity index (χ0n) is 9.96. The zero-order valence-corrected chi connectivity index (χ0v) is 13.1. The summed E-state index contributed by atoms with van der Waals surface area (Å²) < 4.78 is 14.0. The molecule has 0 N–H and O–H groups in total. The Bertz CT molecular complexity index is 535. The highest BCUT2D eigenvalue weighted by Gasteiger charge is 2.14. The van der Waals surface area contributed by atoms with Gasteiger partial charge in [0, 0.05) is 4.83 Å². The van der Waals surface area contributed by atoms with Crippen molar-refractivity contribution in [2.24, 2.45) is 0 Å². The van der Waals surface area contributed by atoms with Crippen LogP contribution in [-0.2, 0) is 6.42 Å². The van der Waals surface area contributed by atoms with Gasteiger partial charge in [-0.1, -0.05) is 57.9 Å². The minimum absolute atomic E-state index is 0.102. The molecule has 1 atom stereocenters. The van der Waals surface area contributed by atoms with Crippen LogP contribution in [0.1, 0.15) is 21.5 Å². The molecule has 0 nitrogen and oxygen atoms in total. The van der Waals surface area contributed by atoms with E-state index in [-0.39, 0.29) is 10.6 Å². The SMILES string of the molecule is Cc1ccc(CC(Br)c2cccc(F)c2Br)cc1. The molecular formula is C15H13Br2F. The Kier molecular flexibility index (Phi) is 4.57. The normalized spacial score (nSPS) is 12.4. The maximum Gasteiger partial charge on any atom is 0.137 e. The van der Waals surface area contributed by atoms with Crippen molar-refractivity contribution in [3.63, 3.8) is 0 Å². The Hall–Kier alpha value is -0.670. The molecule has 0 saturated carbocycles. The maximum atomic E-state index is 13.5. The van der Waals surface area contributed by atoms with E-state index in [9.17, 15) is 4.39 Å². The molecular weight excluding hydrogens is 359 g/mol. The molecule has 0 aromatic heterocycles. The van der Waals surface area contributed by atoms with Gasteiger partial charge >= 0.3 is 0 Å². The fraction of sp³-hybridized carbons (Fsp3) is 0.200. The molecule has 18 heavy (non-hydrogen) atoms. The Balaban J connectivity index is 2.19.